The molecule has 1 saturated carbocycles. The number of amides is 1. The van der Waals surface area contributed by atoms with Gasteiger partial charge < -0.3 is 15.2 Å². The summed E-state index contributed by atoms with van der Waals surface area (Å²) >= 11 is 0. The summed E-state index contributed by atoms with van der Waals surface area (Å²) in [6.07, 6.45) is -4.00. The van der Waals surface area contributed by atoms with Gasteiger partial charge in [-0.15, -0.1) is 13.2 Å². The van der Waals surface area contributed by atoms with Gasteiger partial charge in [-0.3, -0.25) is 9.59 Å². The minimum absolute atomic E-state index is 0.189. The molecule has 1 amide bonds. The molecular formula is C16H18F3NO4. The normalized spacial score (nSPS) is 20.9. The summed E-state index contributed by atoms with van der Waals surface area (Å²) in [5.41, 5.74) is -0.436. The predicted molar refractivity (Wildman–Crippen MR) is 78.4 cm³/mol. The Bertz CT molecular complexity index is 619. The zero-order valence-electron chi connectivity index (χ0n) is 13.2. The molecule has 132 valence electrons. The van der Waals surface area contributed by atoms with Crippen molar-refractivity contribution < 1.29 is 32.6 Å². The molecule has 0 aliphatic heterocycles. The predicted octanol–water partition coefficient (Wildman–Crippen LogP) is 2.84. The molecular weight excluding hydrogens is 327 g/mol. The molecule has 0 unspecified atom stereocenters. The maximum atomic E-state index is 12.4. The molecule has 2 rings (SSSR count). The zero-order valence-corrected chi connectivity index (χ0v) is 13.2. The lowest BCUT2D eigenvalue weighted by atomic mass is 9.78. The summed E-state index contributed by atoms with van der Waals surface area (Å²) in [6.45, 7) is 3.30. The smallest absolute Gasteiger partial charge is 0.481 e. The third-order valence-electron chi connectivity index (χ3n) is 4.20. The molecule has 0 spiro atoms. The Kier molecular flexibility index (Phi) is 4.77. The summed E-state index contributed by atoms with van der Waals surface area (Å²) in [7, 11) is 0. The van der Waals surface area contributed by atoms with Gasteiger partial charge >= 0.3 is 12.3 Å². The van der Waals surface area contributed by atoms with Gasteiger partial charge in [-0.25, -0.2) is 0 Å². The van der Waals surface area contributed by atoms with Crippen LogP contribution in [-0.4, -0.2) is 29.4 Å². The Morgan fingerprint density at radius 1 is 1.17 bits per heavy atom. The molecule has 5 nitrogen and oxygen atoms in total. The van der Waals surface area contributed by atoms with Gasteiger partial charge in [0.2, 0.25) is 5.91 Å². The summed E-state index contributed by atoms with van der Waals surface area (Å²) in [5, 5.41) is 11.6. The lowest BCUT2D eigenvalue weighted by Gasteiger charge is -2.35. The lowest BCUT2D eigenvalue weighted by Crippen LogP contribution is -2.51. The molecule has 8 heteroatoms. The van der Waals surface area contributed by atoms with Gasteiger partial charge in [-0.2, -0.15) is 0 Å². The average Bonchev–Trinajstić information content (AvgIpc) is 2.40. The second-order valence-corrected chi connectivity index (χ2v) is 6.37. The molecule has 0 atom stereocenters. The topological polar surface area (TPSA) is 75.6 Å². The van der Waals surface area contributed by atoms with Crippen molar-refractivity contribution >= 4 is 11.9 Å². The van der Waals surface area contributed by atoms with Gasteiger partial charge in [-0.1, -0.05) is 12.1 Å². The SMILES string of the molecule is CC(C)(C(=O)NC1CC(C(=O)O)C1)c1ccc(OC(F)(F)F)cc1. The molecule has 0 aromatic heterocycles. The number of alkyl halides is 3. The van der Waals surface area contributed by atoms with E-state index in [0.29, 0.717) is 18.4 Å². The van der Waals surface area contributed by atoms with E-state index in [9.17, 15) is 22.8 Å². The Balaban J connectivity index is 1.99. The van der Waals surface area contributed by atoms with Crippen LogP contribution in [0.5, 0.6) is 5.75 Å². The van der Waals surface area contributed by atoms with Crippen LogP contribution < -0.4 is 10.1 Å². The number of carboxylic acids is 1. The lowest BCUT2D eigenvalue weighted by molar-refractivity contribution is -0.274. The Hall–Kier alpha value is -2.25. The molecule has 1 aromatic carbocycles. The van der Waals surface area contributed by atoms with Crippen LogP contribution in [0.1, 0.15) is 32.3 Å². The highest BCUT2D eigenvalue weighted by Crippen LogP contribution is 2.31. The van der Waals surface area contributed by atoms with Crippen LogP contribution in [0.25, 0.3) is 0 Å². The third kappa shape index (κ3) is 4.18. The number of halogens is 3. The van der Waals surface area contributed by atoms with Crippen LogP contribution in [0.3, 0.4) is 0 Å². The van der Waals surface area contributed by atoms with E-state index in [1.807, 2.05) is 0 Å². The van der Waals surface area contributed by atoms with Crippen molar-refractivity contribution in [3.63, 3.8) is 0 Å². The minimum Gasteiger partial charge on any atom is -0.481 e. The minimum atomic E-state index is -4.76. The number of hydrogen-bond donors (Lipinski definition) is 2. The number of rotatable bonds is 5. The maximum absolute atomic E-state index is 12.4. The van der Waals surface area contributed by atoms with Gasteiger partial charge in [0.1, 0.15) is 5.75 Å². The molecule has 1 aliphatic rings. The largest absolute Gasteiger partial charge is 0.573 e. The first-order valence-electron chi connectivity index (χ1n) is 7.39. The first kappa shape index (κ1) is 18.1. The van der Waals surface area contributed by atoms with Crippen molar-refractivity contribution in [1.82, 2.24) is 5.32 Å². The van der Waals surface area contributed by atoms with E-state index in [4.69, 9.17) is 5.11 Å². The van der Waals surface area contributed by atoms with Gasteiger partial charge in [0.25, 0.3) is 0 Å². The second kappa shape index (κ2) is 6.33. The number of carbonyl (C=O) groups excluding carboxylic acids is 1. The number of carboxylic acid groups (broad SMARTS) is 1. The first-order chi connectivity index (χ1) is 11.0. The molecule has 1 aliphatic carbocycles. The van der Waals surface area contributed by atoms with Crippen LogP contribution in [0.4, 0.5) is 13.2 Å². The number of hydrogen-bond acceptors (Lipinski definition) is 3. The van der Waals surface area contributed by atoms with E-state index in [2.05, 4.69) is 10.1 Å². The van der Waals surface area contributed by atoms with Crippen LogP contribution in [0.2, 0.25) is 0 Å². The highest BCUT2D eigenvalue weighted by Gasteiger charge is 2.38. The molecule has 0 saturated heterocycles. The summed E-state index contributed by atoms with van der Waals surface area (Å²) in [5.74, 6) is -1.97. The average molecular weight is 345 g/mol. The van der Waals surface area contributed by atoms with Crippen molar-refractivity contribution in [1.29, 1.82) is 0 Å². The van der Waals surface area contributed by atoms with Gasteiger partial charge in [0.05, 0.1) is 11.3 Å². The molecule has 24 heavy (non-hydrogen) atoms. The maximum Gasteiger partial charge on any atom is 0.573 e. The van der Waals surface area contributed by atoms with E-state index in [0.717, 1.165) is 12.1 Å². The molecule has 0 radical (unpaired) electrons. The highest BCUT2D eigenvalue weighted by molar-refractivity contribution is 5.88. The highest BCUT2D eigenvalue weighted by atomic mass is 19.4. The van der Waals surface area contributed by atoms with Crippen molar-refractivity contribution in [2.75, 3.05) is 0 Å². The molecule has 0 bridgehead atoms. The number of ether oxygens (including phenoxy) is 1. The van der Waals surface area contributed by atoms with E-state index < -0.39 is 23.7 Å². The quantitative estimate of drug-likeness (QED) is 0.860. The first-order valence-corrected chi connectivity index (χ1v) is 7.39. The van der Waals surface area contributed by atoms with Gasteiger partial charge in [0, 0.05) is 6.04 Å². The molecule has 2 N–H and O–H groups in total. The summed E-state index contributed by atoms with van der Waals surface area (Å²) < 4.78 is 40.3. The van der Waals surface area contributed by atoms with Crippen molar-refractivity contribution in [3.05, 3.63) is 29.8 Å². The van der Waals surface area contributed by atoms with Crippen molar-refractivity contribution in [2.24, 2.45) is 5.92 Å². The Morgan fingerprint density at radius 2 is 1.71 bits per heavy atom. The fraction of sp³-hybridized carbons (Fsp3) is 0.500. The molecule has 1 fully saturated rings. The van der Waals surface area contributed by atoms with Crippen LogP contribution in [0, 0.1) is 5.92 Å². The zero-order chi connectivity index (χ0) is 18.1. The standard InChI is InChI=1S/C16H18F3NO4/c1-15(2,14(23)20-11-7-9(8-11)13(21)22)10-3-5-12(6-4-10)24-16(17,18)19/h3-6,9,11H,7-8H2,1-2H3,(H,20,23)(H,21,22). The third-order valence-corrected chi connectivity index (χ3v) is 4.20. The summed E-state index contributed by atoms with van der Waals surface area (Å²) in [6, 6.07) is 4.93. The summed E-state index contributed by atoms with van der Waals surface area (Å²) in [4.78, 5) is 23.1. The molecule has 0 heterocycles. The fourth-order valence-corrected chi connectivity index (χ4v) is 2.51. The Morgan fingerprint density at radius 3 is 2.17 bits per heavy atom. The van der Waals surface area contributed by atoms with E-state index in [-0.39, 0.29) is 17.7 Å². The Labute approximate surface area is 136 Å². The van der Waals surface area contributed by atoms with Crippen LogP contribution >= 0.6 is 0 Å². The van der Waals surface area contributed by atoms with Crippen LogP contribution in [-0.2, 0) is 15.0 Å². The number of carbonyl (C=O) groups is 2. The second-order valence-electron chi connectivity index (χ2n) is 6.37. The number of aliphatic carboxylic acids is 1. The van der Waals surface area contributed by atoms with E-state index in [1.165, 1.54) is 12.1 Å². The number of nitrogens with one attached hydrogen (secondary N) is 1. The van der Waals surface area contributed by atoms with Gasteiger partial charge in [-0.05, 0) is 44.4 Å². The van der Waals surface area contributed by atoms with Crippen molar-refractivity contribution in [2.45, 2.75) is 44.5 Å². The van der Waals surface area contributed by atoms with Crippen molar-refractivity contribution in [3.8, 4) is 5.75 Å². The number of benzene rings is 1. The van der Waals surface area contributed by atoms with Crippen LogP contribution in [0.15, 0.2) is 24.3 Å². The monoisotopic (exact) mass is 345 g/mol. The van der Waals surface area contributed by atoms with Gasteiger partial charge in [0.15, 0.2) is 0 Å². The van der Waals surface area contributed by atoms with E-state index >= 15 is 0 Å². The molecule has 1 aromatic rings. The van der Waals surface area contributed by atoms with E-state index in [1.54, 1.807) is 13.8 Å². The fourth-order valence-electron chi connectivity index (χ4n) is 2.51.